The van der Waals surface area contributed by atoms with Crippen molar-refractivity contribution in [3.8, 4) is 0 Å². The molecule has 0 aliphatic carbocycles. The van der Waals surface area contributed by atoms with E-state index in [-0.39, 0.29) is 5.91 Å². The number of benzene rings is 1. The SMILES string of the molecule is CCC(O)(CC)CNC(=O)c1c(C)cccc1C. The Bertz CT molecular complexity index is 402. The molecular formula is C15H23NO2. The fraction of sp³-hybridized carbons (Fsp3) is 0.533. The molecule has 3 heteroatoms. The van der Waals surface area contributed by atoms with Crippen molar-refractivity contribution in [2.75, 3.05) is 6.54 Å². The zero-order chi connectivity index (χ0) is 13.8. The van der Waals surface area contributed by atoms with Crippen molar-refractivity contribution in [1.29, 1.82) is 0 Å². The Morgan fingerprint density at radius 2 is 1.72 bits per heavy atom. The topological polar surface area (TPSA) is 49.3 Å². The average molecular weight is 249 g/mol. The fourth-order valence-electron chi connectivity index (χ4n) is 2.01. The molecule has 0 atom stereocenters. The molecule has 0 aromatic heterocycles. The molecule has 2 N–H and O–H groups in total. The number of rotatable bonds is 5. The van der Waals surface area contributed by atoms with Gasteiger partial charge < -0.3 is 10.4 Å². The molecule has 0 heterocycles. The molecule has 3 nitrogen and oxygen atoms in total. The van der Waals surface area contributed by atoms with Crippen LogP contribution in [0.5, 0.6) is 0 Å². The molecule has 0 aliphatic rings. The van der Waals surface area contributed by atoms with Crippen LogP contribution < -0.4 is 5.32 Å². The summed E-state index contributed by atoms with van der Waals surface area (Å²) in [5.41, 5.74) is 1.84. The van der Waals surface area contributed by atoms with E-state index in [0.29, 0.717) is 24.9 Å². The number of carbonyl (C=O) groups excluding carboxylic acids is 1. The van der Waals surface area contributed by atoms with E-state index in [4.69, 9.17) is 0 Å². The summed E-state index contributed by atoms with van der Waals surface area (Å²) in [5.74, 6) is -0.106. The number of aliphatic hydroxyl groups is 1. The maximum absolute atomic E-state index is 12.1. The number of nitrogens with one attached hydrogen (secondary N) is 1. The van der Waals surface area contributed by atoms with Gasteiger partial charge in [0.05, 0.1) is 5.60 Å². The van der Waals surface area contributed by atoms with Crippen molar-refractivity contribution in [2.24, 2.45) is 0 Å². The standard InChI is InChI=1S/C15H23NO2/c1-5-15(18,6-2)10-16-14(17)13-11(3)8-7-9-12(13)4/h7-9,18H,5-6,10H2,1-4H3,(H,16,17). The number of amides is 1. The number of hydrogen-bond donors (Lipinski definition) is 2. The van der Waals surface area contributed by atoms with Gasteiger partial charge in [-0.1, -0.05) is 32.0 Å². The van der Waals surface area contributed by atoms with Gasteiger partial charge in [-0.05, 0) is 37.8 Å². The first-order chi connectivity index (χ1) is 8.43. The third kappa shape index (κ3) is 3.33. The minimum absolute atomic E-state index is 0.106. The lowest BCUT2D eigenvalue weighted by Gasteiger charge is -2.25. The molecule has 0 aliphatic heterocycles. The summed E-state index contributed by atoms with van der Waals surface area (Å²) >= 11 is 0. The lowest BCUT2D eigenvalue weighted by molar-refractivity contribution is 0.0313. The van der Waals surface area contributed by atoms with Gasteiger partial charge in [-0.25, -0.2) is 0 Å². The van der Waals surface area contributed by atoms with Gasteiger partial charge in [0.15, 0.2) is 0 Å². The molecule has 1 amide bonds. The fourth-order valence-corrected chi connectivity index (χ4v) is 2.01. The summed E-state index contributed by atoms with van der Waals surface area (Å²) < 4.78 is 0. The van der Waals surface area contributed by atoms with Crippen LogP contribution in [-0.2, 0) is 0 Å². The van der Waals surface area contributed by atoms with Crippen LogP contribution >= 0.6 is 0 Å². The maximum atomic E-state index is 12.1. The van der Waals surface area contributed by atoms with Crippen molar-refractivity contribution < 1.29 is 9.90 Å². The summed E-state index contributed by atoms with van der Waals surface area (Å²) in [4.78, 5) is 12.1. The number of hydrogen-bond acceptors (Lipinski definition) is 2. The average Bonchev–Trinajstić information content (AvgIpc) is 2.36. The van der Waals surface area contributed by atoms with Gasteiger partial charge in [-0.3, -0.25) is 4.79 Å². The predicted octanol–water partition coefficient (Wildman–Crippen LogP) is 2.58. The molecule has 1 aromatic carbocycles. The predicted molar refractivity (Wildman–Crippen MR) is 73.8 cm³/mol. The monoisotopic (exact) mass is 249 g/mol. The van der Waals surface area contributed by atoms with E-state index in [9.17, 15) is 9.90 Å². The maximum Gasteiger partial charge on any atom is 0.251 e. The summed E-state index contributed by atoms with van der Waals surface area (Å²) in [7, 11) is 0. The first kappa shape index (κ1) is 14.7. The lowest BCUT2D eigenvalue weighted by atomic mass is 9.97. The molecule has 0 saturated heterocycles. The van der Waals surface area contributed by atoms with E-state index >= 15 is 0 Å². The van der Waals surface area contributed by atoms with Crippen LogP contribution in [0.3, 0.4) is 0 Å². The number of carbonyl (C=O) groups is 1. The first-order valence-electron chi connectivity index (χ1n) is 6.50. The van der Waals surface area contributed by atoms with Crippen molar-refractivity contribution >= 4 is 5.91 Å². The molecule has 100 valence electrons. The Labute approximate surface area is 109 Å². The Morgan fingerprint density at radius 1 is 1.22 bits per heavy atom. The van der Waals surface area contributed by atoms with Crippen LogP contribution in [0, 0.1) is 13.8 Å². The van der Waals surface area contributed by atoms with Crippen molar-refractivity contribution in [1.82, 2.24) is 5.32 Å². The van der Waals surface area contributed by atoms with E-state index in [1.165, 1.54) is 0 Å². The largest absolute Gasteiger partial charge is 0.388 e. The van der Waals surface area contributed by atoms with Crippen molar-refractivity contribution in [3.63, 3.8) is 0 Å². The summed E-state index contributed by atoms with van der Waals surface area (Å²) in [6.45, 7) is 8.00. The second-order valence-corrected chi connectivity index (χ2v) is 4.88. The third-order valence-electron chi connectivity index (χ3n) is 3.60. The highest BCUT2D eigenvalue weighted by Gasteiger charge is 2.23. The highest BCUT2D eigenvalue weighted by atomic mass is 16.3. The molecule has 1 aromatic rings. The van der Waals surface area contributed by atoms with Gasteiger partial charge in [0.1, 0.15) is 0 Å². The zero-order valence-electron chi connectivity index (χ0n) is 11.7. The molecule has 0 spiro atoms. The molecular weight excluding hydrogens is 226 g/mol. The van der Waals surface area contributed by atoms with Gasteiger partial charge in [0.25, 0.3) is 5.91 Å². The van der Waals surface area contributed by atoms with Gasteiger partial charge in [0.2, 0.25) is 0 Å². The molecule has 0 bridgehead atoms. The minimum Gasteiger partial charge on any atom is -0.388 e. The second-order valence-electron chi connectivity index (χ2n) is 4.88. The van der Waals surface area contributed by atoms with E-state index < -0.39 is 5.60 Å². The lowest BCUT2D eigenvalue weighted by Crippen LogP contribution is -2.42. The summed E-state index contributed by atoms with van der Waals surface area (Å²) in [6.07, 6.45) is 1.27. The Hall–Kier alpha value is -1.35. The molecule has 0 fully saturated rings. The highest BCUT2D eigenvalue weighted by Crippen LogP contribution is 2.15. The van der Waals surface area contributed by atoms with Crippen LogP contribution in [0.25, 0.3) is 0 Å². The van der Waals surface area contributed by atoms with Crippen LogP contribution in [0.2, 0.25) is 0 Å². The van der Waals surface area contributed by atoms with Crippen molar-refractivity contribution in [2.45, 2.75) is 46.1 Å². The Morgan fingerprint density at radius 3 is 2.17 bits per heavy atom. The molecule has 1 rings (SSSR count). The number of aryl methyl sites for hydroxylation is 2. The van der Waals surface area contributed by atoms with Gasteiger partial charge in [0, 0.05) is 12.1 Å². The van der Waals surface area contributed by atoms with E-state index in [1.807, 2.05) is 45.9 Å². The summed E-state index contributed by atoms with van der Waals surface area (Å²) in [6, 6.07) is 5.79. The van der Waals surface area contributed by atoms with Crippen molar-refractivity contribution in [3.05, 3.63) is 34.9 Å². The van der Waals surface area contributed by atoms with Crippen LogP contribution in [0.1, 0.15) is 48.2 Å². The van der Waals surface area contributed by atoms with Gasteiger partial charge >= 0.3 is 0 Å². The van der Waals surface area contributed by atoms with E-state index in [0.717, 1.165) is 11.1 Å². The first-order valence-corrected chi connectivity index (χ1v) is 6.50. The quantitative estimate of drug-likeness (QED) is 0.842. The second kappa shape index (κ2) is 6.01. The molecule has 0 saturated carbocycles. The Kier molecular flexibility index (Phi) is 4.91. The molecule has 0 unspecified atom stereocenters. The normalized spacial score (nSPS) is 11.4. The molecule has 18 heavy (non-hydrogen) atoms. The zero-order valence-corrected chi connectivity index (χ0v) is 11.7. The smallest absolute Gasteiger partial charge is 0.251 e. The Balaban J connectivity index is 2.78. The minimum atomic E-state index is -0.799. The highest BCUT2D eigenvalue weighted by molar-refractivity contribution is 5.97. The van der Waals surface area contributed by atoms with Gasteiger partial charge in [-0.15, -0.1) is 0 Å². The van der Waals surface area contributed by atoms with E-state index in [1.54, 1.807) is 0 Å². The van der Waals surface area contributed by atoms with Crippen LogP contribution in [0.4, 0.5) is 0 Å². The van der Waals surface area contributed by atoms with Crippen LogP contribution in [-0.4, -0.2) is 23.2 Å². The molecule has 0 radical (unpaired) electrons. The summed E-state index contributed by atoms with van der Waals surface area (Å²) in [5, 5.41) is 13.0. The third-order valence-corrected chi connectivity index (χ3v) is 3.60. The van der Waals surface area contributed by atoms with E-state index in [2.05, 4.69) is 5.32 Å². The van der Waals surface area contributed by atoms with Gasteiger partial charge in [-0.2, -0.15) is 0 Å². The van der Waals surface area contributed by atoms with Crippen LogP contribution in [0.15, 0.2) is 18.2 Å².